The number of carbonyl (C=O) groups is 2. The van der Waals surface area contributed by atoms with Gasteiger partial charge in [-0.15, -0.1) is 0 Å². The van der Waals surface area contributed by atoms with Crippen molar-refractivity contribution in [3.63, 3.8) is 0 Å². The van der Waals surface area contributed by atoms with E-state index >= 15 is 0 Å². The number of nitrogens with one attached hydrogen (secondary N) is 3. The SMILES string of the molecule is COC(=O)Nc1ccc2c(c1)NC(=O)CC(C)/C=C/C[C@H](N)c1nc-2c[nH]1. The highest BCUT2D eigenvalue weighted by molar-refractivity contribution is 5.97. The molecule has 3 rings (SSSR count). The summed E-state index contributed by atoms with van der Waals surface area (Å²) in [5, 5.41) is 5.52. The maximum atomic E-state index is 12.5. The molecule has 1 aliphatic rings. The summed E-state index contributed by atoms with van der Waals surface area (Å²) in [6.45, 7) is 1.97. The van der Waals surface area contributed by atoms with Gasteiger partial charge in [-0.2, -0.15) is 0 Å². The average Bonchev–Trinajstić information content (AvgIpc) is 3.11. The van der Waals surface area contributed by atoms with Gasteiger partial charge in [-0.1, -0.05) is 19.1 Å². The first kappa shape index (κ1) is 18.7. The van der Waals surface area contributed by atoms with Crippen LogP contribution < -0.4 is 16.4 Å². The van der Waals surface area contributed by atoms with E-state index in [4.69, 9.17) is 5.73 Å². The van der Waals surface area contributed by atoms with Crippen LogP contribution >= 0.6 is 0 Å². The number of H-pyrrole nitrogens is 1. The van der Waals surface area contributed by atoms with Crippen LogP contribution in [-0.2, 0) is 9.53 Å². The summed E-state index contributed by atoms with van der Waals surface area (Å²) in [5.74, 6) is 0.627. The number of rotatable bonds is 1. The summed E-state index contributed by atoms with van der Waals surface area (Å²) < 4.78 is 4.62. The lowest BCUT2D eigenvalue weighted by Crippen LogP contribution is -2.16. The molecular weight excluding hydrogens is 346 g/mol. The Kier molecular flexibility index (Phi) is 5.56. The second-order valence-corrected chi connectivity index (χ2v) is 6.55. The molecule has 0 radical (unpaired) electrons. The van der Waals surface area contributed by atoms with Crippen molar-refractivity contribution in [2.45, 2.75) is 25.8 Å². The minimum Gasteiger partial charge on any atom is -0.453 e. The maximum absolute atomic E-state index is 12.5. The number of hydrogen-bond acceptors (Lipinski definition) is 5. The summed E-state index contributed by atoms with van der Waals surface area (Å²) in [7, 11) is 1.29. The molecule has 2 heterocycles. The van der Waals surface area contributed by atoms with Crippen molar-refractivity contribution in [3.05, 3.63) is 42.4 Å². The summed E-state index contributed by atoms with van der Waals surface area (Å²) in [5.41, 5.74) is 8.65. The highest BCUT2D eigenvalue weighted by Crippen LogP contribution is 2.31. The number of imidazole rings is 1. The minimum absolute atomic E-state index is 0.0732. The average molecular weight is 369 g/mol. The van der Waals surface area contributed by atoms with Crippen molar-refractivity contribution in [1.29, 1.82) is 0 Å². The first-order valence-corrected chi connectivity index (χ1v) is 8.73. The van der Waals surface area contributed by atoms with Crippen molar-refractivity contribution in [1.82, 2.24) is 9.97 Å². The van der Waals surface area contributed by atoms with Crippen LogP contribution in [0.1, 0.15) is 31.6 Å². The fourth-order valence-corrected chi connectivity index (χ4v) is 2.91. The number of allylic oxidation sites excluding steroid dienone is 1. The van der Waals surface area contributed by atoms with E-state index in [-0.39, 0.29) is 17.9 Å². The number of anilines is 2. The Morgan fingerprint density at radius 2 is 2.22 bits per heavy atom. The van der Waals surface area contributed by atoms with Gasteiger partial charge in [0, 0.05) is 23.9 Å². The van der Waals surface area contributed by atoms with E-state index < -0.39 is 6.09 Å². The van der Waals surface area contributed by atoms with E-state index in [2.05, 4.69) is 25.3 Å². The molecular formula is C19H23N5O3. The molecule has 0 aliphatic carbocycles. The van der Waals surface area contributed by atoms with Gasteiger partial charge in [0.15, 0.2) is 0 Å². The molecule has 1 aromatic heterocycles. The monoisotopic (exact) mass is 369 g/mol. The van der Waals surface area contributed by atoms with Crippen LogP contribution in [0.25, 0.3) is 11.3 Å². The van der Waals surface area contributed by atoms with Gasteiger partial charge in [0.2, 0.25) is 5.91 Å². The third kappa shape index (κ3) is 4.53. The van der Waals surface area contributed by atoms with Crippen LogP contribution in [0.15, 0.2) is 36.5 Å². The Morgan fingerprint density at radius 3 is 3.00 bits per heavy atom. The Hall–Kier alpha value is -3.13. The lowest BCUT2D eigenvalue weighted by atomic mass is 10.0. The molecule has 5 N–H and O–H groups in total. The zero-order valence-corrected chi connectivity index (χ0v) is 15.3. The molecule has 2 aromatic rings. The number of nitrogens with zero attached hydrogens (tertiary/aromatic N) is 1. The number of benzene rings is 1. The van der Waals surface area contributed by atoms with E-state index in [0.29, 0.717) is 35.7 Å². The second-order valence-electron chi connectivity index (χ2n) is 6.55. The Balaban J connectivity index is 2.02. The number of amides is 2. The number of aromatic nitrogens is 2. The molecule has 8 heteroatoms. The Bertz CT molecular complexity index is 874. The summed E-state index contributed by atoms with van der Waals surface area (Å²) in [6, 6.07) is 4.93. The van der Waals surface area contributed by atoms with Gasteiger partial charge in [-0.3, -0.25) is 10.1 Å². The molecule has 0 saturated heterocycles. The predicted molar refractivity (Wildman–Crippen MR) is 103 cm³/mol. The molecule has 1 aromatic carbocycles. The van der Waals surface area contributed by atoms with Crippen LogP contribution in [0.3, 0.4) is 0 Å². The third-order valence-corrected chi connectivity index (χ3v) is 4.31. The molecule has 1 aliphatic heterocycles. The second kappa shape index (κ2) is 8.05. The first-order valence-electron chi connectivity index (χ1n) is 8.73. The zero-order valence-electron chi connectivity index (χ0n) is 15.3. The van der Waals surface area contributed by atoms with Crippen molar-refractivity contribution in [2.75, 3.05) is 17.7 Å². The van der Waals surface area contributed by atoms with Crippen LogP contribution in [0.2, 0.25) is 0 Å². The van der Waals surface area contributed by atoms with Crippen LogP contribution in [-0.4, -0.2) is 29.1 Å². The van der Waals surface area contributed by atoms with Crippen molar-refractivity contribution >= 4 is 23.4 Å². The number of ether oxygens (including phenoxy) is 1. The van der Waals surface area contributed by atoms with Crippen LogP contribution in [0, 0.1) is 5.92 Å². The van der Waals surface area contributed by atoms with Crippen molar-refractivity contribution < 1.29 is 14.3 Å². The van der Waals surface area contributed by atoms with E-state index in [0.717, 1.165) is 5.56 Å². The lowest BCUT2D eigenvalue weighted by molar-refractivity contribution is -0.116. The number of hydrogen-bond donors (Lipinski definition) is 4. The third-order valence-electron chi connectivity index (χ3n) is 4.31. The fraction of sp³-hybridized carbons (Fsp3) is 0.316. The fourth-order valence-electron chi connectivity index (χ4n) is 2.91. The molecule has 1 unspecified atom stereocenters. The number of methoxy groups -OCH3 is 1. The van der Waals surface area contributed by atoms with E-state index in [9.17, 15) is 9.59 Å². The quantitative estimate of drug-likeness (QED) is 0.575. The molecule has 2 atom stereocenters. The number of fused-ring (bicyclic) bond motifs is 4. The van der Waals surface area contributed by atoms with E-state index in [1.165, 1.54) is 7.11 Å². The van der Waals surface area contributed by atoms with Gasteiger partial charge >= 0.3 is 6.09 Å². The van der Waals surface area contributed by atoms with Crippen molar-refractivity contribution in [2.24, 2.45) is 11.7 Å². The van der Waals surface area contributed by atoms with Gasteiger partial charge in [-0.05, 0) is 30.5 Å². The predicted octanol–water partition coefficient (Wildman–Crippen LogP) is 3.18. The minimum atomic E-state index is -0.585. The summed E-state index contributed by atoms with van der Waals surface area (Å²) in [6.07, 6.45) is 6.10. The molecule has 2 amide bonds. The molecule has 0 spiro atoms. The van der Waals surface area contributed by atoms with E-state index in [1.807, 2.05) is 19.1 Å². The van der Waals surface area contributed by atoms with Gasteiger partial charge < -0.3 is 20.8 Å². The Labute approximate surface area is 157 Å². The number of carbonyl (C=O) groups excluding carboxylic acids is 2. The highest BCUT2D eigenvalue weighted by atomic mass is 16.5. The van der Waals surface area contributed by atoms with E-state index in [1.54, 1.807) is 24.4 Å². The molecule has 0 saturated carbocycles. The maximum Gasteiger partial charge on any atom is 0.411 e. The van der Waals surface area contributed by atoms with Crippen LogP contribution in [0.5, 0.6) is 0 Å². The Morgan fingerprint density at radius 1 is 1.41 bits per heavy atom. The van der Waals surface area contributed by atoms with Gasteiger partial charge in [0.1, 0.15) is 5.82 Å². The molecule has 8 nitrogen and oxygen atoms in total. The standard InChI is InChI=1S/C19H23N5O3/c1-11-4-3-5-14(20)18-21-10-16(24-18)13-7-6-12(22-19(26)27-2)9-15(13)23-17(25)8-11/h3-4,6-7,9-11,14H,5,8,20H2,1-2H3,(H,21,24)(H,22,26)(H,23,25)/b4-3+/t11?,14-/m0/s1. The number of aromatic amines is 1. The smallest absolute Gasteiger partial charge is 0.411 e. The normalized spacial score (nSPS) is 20.9. The summed E-state index contributed by atoms with van der Waals surface area (Å²) in [4.78, 5) is 31.6. The molecule has 0 fully saturated rings. The van der Waals surface area contributed by atoms with Gasteiger partial charge in [0.25, 0.3) is 0 Å². The molecule has 142 valence electrons. The lowest BCUT2D eigenvalue weighted by Gasteiger charge is -2.13. The van der Waals surface area contributed by atoms with Gasteiger partial charge in [-0.25, -0.2) is 9.78 Å². The van der Waals surface area contributed by atoms with Crippen LogP contribution in [0.4, 0.5) is 16.2 Å². The zero-order chi connectivity index (χ0) is 19.4. The van der Waals surface area contributed by atoms with Crippen molar-refractivity contribution in [3.8, 4) is 11.3 Å². The largest absolute Gasteiger partial charge is 0.453 e. The number of nitrogens with two attached hydrogens (primary N) is 1. The van der Waals surface area contributed by atoms with Gasteiger partial charge in [0.05, 0.1) is 24.5 Å². The molecule has 2 bridgehead atoms. The topological polar surface area (TPSA) is 122 Å². The first-order chi connectivity index (χ1) is 13.0. The summed E-state index contributed by atoms with van der Waals surface area (Å²) >= 11 is 0. The highest BCUT2D eigenvalue weighted by Gasteiger charge is 2.17. The molecule has 27 heavy (non-hydrogen) atoms.